The summed E-state index contributed by atoms with van der Waals surface area (Å²) in [5, 5.41) is 8.97. The lowest BCUT2D eigenvalue weighted by atomic mass is 10.1. The number of ether oxygens (including phenoxy) is 3. The van der Waals surface area contributed by atoms with Crippen molar-refractivity contribution in [3.63, 3.8) is 0 Å². The number of anilines is 1. The number of amides is 1. The Bertz CT molecular complexity index is 912. The van der Waals surface area contributed by atoms with Crippen LogP contribution in [0.25, 0.3) is 0 Å². The van der Waals surface area contributed by atoms with E-state index in [0.717, 1.165) is 37.3 Å². The Morgan fingerprint density at radius 1 is 0.968 bits per heavy atom. The summed E-state index contributed by atoms with van der Waals surface area (Å²) in [6, 6.07) is 13.5. The Morgan fingerprint density at radius 3 is 2.23 bits per heavy atom. The molecule has 7 nitrogen and oxygen atoms in total. The van der Waals surface area contributed by atoms with Gasteiger partial charge in [0.1, 0.15) is 0 Å². The highest BCUT2D eigenvalue weighted by atomic mass is 16.5. The molecule has 1 heterocycles. The monoisotopic (exact) mass is 423 g/mol. The van der Waals surface area contributed by atoms with Gasteiger partial charge in [-0.25, -0.2) is 0 Å². The van der Waals surface area contributed by atoms with Gasteiger partial charge in [-0.1, -0.05) is 0 Å². The van der Waals surface area contributed by atoms with Crippen molar-refractivity contribution in [2.45, 2.75) is 19.3 Å². The van der Waals surface area contributed by atoms with Gasteiger partial charge in [-0.05, 0) is 54.8 Å². The summed E-state index contributed by atoms with van der Waals surface area (Å²) in [4.78, 5) is 17.1. The number of nitriles is 1. The Hall–Kier alpha value is -3.40. The zero-order valence-electron chi connectivity index (χ0n) is 18.4. The molecule has 0 spiro atoms. The number of hydrogen-bond donors (Lipinski definition) is 0. The first kappa shape index (κ1) is 22.3. The van der Waals surface area contributed by atoms with E-state index in [2.05, 4.69) is 11.0 Å². The third-order valence-electron chi connectivity index (χ3n) is 5.56. The van der Waals surface area contributed by atoms with E-state index in [4.69, 9.17) is 19.5 Å². The lowest BCUT2D eigenvalue weighted by Crippen LogP contribution is -2.35. The number of carbonyl (C=O) groups excluding carboxylic acids is 1. The first-order valence-corrected chi connectivity index (χ1v) is 10.4. The fourth-order valence-corrected chi connectivity index (χ4v) is 3.86. The predicted octanol–water partition coefficient (Wildman–Crippen LogP) is 3.26. The standard InChI is InChI=1S/C24H29N3O4/c1-29-21-15-19(16-22(30-2)24(21)31-3)7-10-23(28)27-12-4-11-26(13-14-27)20-8-5-18(17-25)6-9-20/h5-6,8-9,15-16H,4,7,10-14H2,1-3H3. The van der Waals surface area contributed by atoms with Crippen LogP contribution in [0.1, 0.15) is 24.0 Å². The van der Waals surface area contributed by atoms with Crippen molar-refractivity contribution >= 4 is 11.6 Å². The maximum absolute atomic E-state index is 12.9. The molecule has 1 amide bonds. The molecule has 164 valence electrons. The fraction of sp³-hybridized carbons (Fsp3) is 0.417. The second-order valence-corrected chi connectivity index (χ2v) is 7.41. The molecule has 31 heavy (non-hydrogen) atoms. The molecular weight excluding hydrogens is 394 g/mol. The van der Waals surface area contributed by atoms with Gasteiger partial charge in [-0.3, -0.25) is 4.79 Å². The van der Waals surface area contributed by atoms with Crippen molar-refractivity contribution in [2.75, 3.05) is 52.4 Å². The number of aryl methyl sites for hydroxylation is 1. The average molecular weight is 424 g/mol. The average Bonchev–Trinajstić information content (AvgIpc) is 3.08. The highest BCUT2D eigenvalue weighted by Crippen LogP contribution is 2.38. The largest absolute Gasteiger partial charge is 0.493 e. The van der Waals surface area contributed by atoms with Crippen LogP contribution in [0.5, 0.6) is 17.2 Å². The Labute approximate surface area is 183 Å². The summed E-state index contributed by atoms with van der Waals surface area (Å²) in [5.41, 5.74) is 2.71. The maximum Gasteiger partial charge on any atom is 0.222 e. The molecule has 1 aliphatic heterocycles. The van der Waals surface area contributed by atoms with Crippen molar-refractivity contribution in [1.82, 2.24) is 4.90 Å². The minimum atomic E-state index is 0.149. The Kier molecular flexibility index (Phi) is 7.60. The zero-order valence-corrected chi connectivity index (χ0v) is 18.4. The summed E-state index contributed by atoms with van der Waals surface area (Å²) in [7, 11) is 4.75. The topological polar surface area (TPSA) is 75.0 Å². The highest BCUT2D eigenvalue weighted by Gasteiger charge is 2.20. The molecule has 0 bridgehead atoms. The molecule has 0 radical (unpaired) electrons. The second-order valence-electron chi connectivity index (χ2n) is 7.41. The van der Waals surface area contributed by atoms with E-state index in [1.54, 1.807) is 21.3 Å². The van der Waals surface area contributed by atoms with Gasteiger partial charge in [0.2, 0.25) is 11.7 Å². The normalized spacial score (nSPS) is 13.9. The first-order valence-electron chi connectivity index (χ1n) is 10.4. The molecule has 0 aromatic heterocycles. The first-order chi connectivity index (χ1) is 15.1. The third kappa shape index (κ3) is 5.40. The minimum absolute atomic E-state index is 0.149. The second kappa shape index (κ2) is 10.6. The van der Waals surface area contributed by atoms with Crippen LogP contribution in [-0.2, 0) is 11.2 Å². The van der Waals surface area contributed by atoms with Crippen LogP contribution < -0.4 is 19.1 Å². The van der Waals surface area contributed by atoms with E-state index in [0.29, 0.717) is 42.2 Å². The number of methoxy groups -OCH3 is 3. The molecule has 1 fully saturated rings. The van der Waals surface area contributed by atoms with E-state index < -0.39 is 0 Å². The number of rotatable bonds is 7. The molecule has 2 aromatic rings. The summed E-state index contributed by atoms with van der Waals surface area (Å²) in [5.74, 6) is 1.89. The molecular formula is C24H29N3O4. The van der Waals surface area contributed by atoms with Gasteiger partial charge >= 0.3 is 0 Å². The zero-order chi connectivity index (χ0) is 22.2. The lowest BCUT2D eigenvalue weighted by Gasteiger charge is -2.24. The van der Waals surface area contributed by atoms with Crippen LogP contribution >= 0.6 is 0 Å². The summed E-state index contributed by atoms with van der Waals surface area (Å²) in [6.07, 6.45) is 1.94. The van der Waals surface area contributed by atoms with Gasteiger partial charge in [0.25, 0.3) is 0 Å². The van der Waals surface area contributed by atoms with Crippen LogP contribution in [0.4, 0.5) is 5.69 Å². The molecule has 0 aliphatic carbocycles. The number of nitrogens with zero attached hydrogens (tertiary/aromatic N) is 3. The van der Waals surface area contributed by atoms with Crippen molar-refractivity contribution in [1.29, 1.82) is 5.26 Å². The molecule has 1 saturated heterocycles. The van der Waals surface area contributed by atoms with Crippen molar-refractivity contribution in [3.05, 3.63) is 47.5 Å². The lowest BCUT2D eigenvalue weighted by molar-refractivity contribution is -0.130. The van der Waals surface area contributed by atoms with Gasteiger partial charge in [0, 0.05) is 38.3 Å². The number of hydrogen-bond acceptors (Lipinski definition) is 6. The number of benzene rings is 2. The highest BCUT2D eigenvalue weighted by molar-refractivity contribution is 5.76. The molecule has 0 saturated carbocycles. The molecule has 0 N–H and O–H groups in total. The van der Waals surface area contributed by atoms with Crippen molar-refractivity contribution in [3.8, 4) is 23.3 Å². The van der Waals surface area contributed by atoms with Crippen LogP contribution in [0.15, 0.2) is 36.4 Å². The summed E-state index contributed by atoms with van der Waals surface area (Å²) in [6.45, 7) is 3.11. The Morgan fingerprint density at radius 2 is 1.65 bits per heavy atom. The van der Waals surface area contributed by atoms with Gasteiger partial charge < -0.3 is 24.0 Å². The van der Waals surface area contributed by atoms with Gasteiger partial charge in [0.05, 0.1) is 33.0 Å². The molecule has 3 rings (SSSR count). The quantitative estimate of drug-likeness (QED) is 0.681. The van der Waals surface area contributed by atoms with Gasteiger partial charge in [0.15, 0.2) is 11.5 Å². The van der Waals surface area contributed by atoms with E-state index in [1.807, 2.05) is 41.3 Å². The molecule has 2 aromatic carbocycles. The van der Waals surface area contributed by atoms with E-state index >= 15 is 0 Å². The maximum atomic E-state index is 12.9. The van der Waals surface area contributed by atoms with E-state index in [1.165, 1.54) is 0 Å². The molecule has 7 heteroatoms. The van der Waals surface area contributed by atoms with Crippen LogP contribution in [0.2, 0.25) is 0 Å². The molecule has 0 atom stereocenters. The Balaban J connectivity index is 1.59. The van der Waals surface area contributed by atoms with Crippen molar-refractivity contribution < 1.29 is 19.0 Å². The van der Waals surface area contributed by atoms with Crippen LogP contribution in [-0.4, -0.2) is 58.3 Å². The minimum Gasteiger partial charge on any atom is -0.493 e. The molecule has 1 aliphatic rings. The predicted molar refractivity (Wildman–Crippen MR) is 119 cm³/mol. The fourth-order valence-electron chi connectivity index (χ4n) is 3.86. The van der Waals surface area contributed by atoms with Crippen molar-refractivity contribution in [2.24, 2.45) is 0 Å². The van der Waals surface area contributed by atoms with Crippen LogP contribution in [0, 0.1) is 11.3 Å². The summed E-state index contributed by atoms with van der Waals surface area (Å²) >= 11 is 0. The molecule has 0 unspecified atom stereocenters. The third-order valence-corrected chi connectivity index (χ3v) is 5.56. The number of carbonyl (C=O) groups is 1. The smallest absolute Gasteiger partial charge is 0.222 e. The van der Waals surface area contributed by atoms with Crippen LogP contribution in [0.3, 0.4) is 0 Å². The van der Waals surface area contributed by atoms with Gasteiger partial charge in [-0.2, -0.15) is 5.26 Å². The van der Waals surface area contributed by atoms with Gasteiger partial charge in [-0.15, -0.1) is 0 Å². The van der Waals surface area contributed by atoms with E-state index in [9.17, 15) is 4.79 Å². The SMILES string of the molecule is COc1cc(CCC(=O)N2CCCN(c3ccc(C#N)cc3)CC2)cc(OC)c1OC. The summed E-state index contributed by atoms with van der Waals surface area (Å²) < 4.78 is 16.2. The van der Waals surface area contributed by atoms with E-state index in [-0.39, 0.29) is 5.91 Å².